The Morgan fingerprint density at radius 3 is 2.84 bits per heavy atom. The number of hydrogen-bond donors (Lipinski definition) is 1. The summed E-state index contributed by atoms with van der Waals surface area (Å²) >= 11 is 0. The maximum atomic E-state index is 9.88. The van der Waals surface area contributed by atoms with Crippen LogP contribution >= 0.6 is 0 Å². The van der Waals surface area contributed by atoms with E-state index in [0.29, 0.717) is 19.1 Å². The lowest BCUT2D eigenvalue weighted by molar-refractivity contribution is 0.0900. The van der Waals surface area contributed by atoms with Crippen molar-refractivity contribution in [3.8, 4) is 5.75 Å². The van der Waals surface area contributed by atoms with Crippen LogP contribution in [0.15, 0.2) is 30.3 Å². The van der Waals surface area contributed by atoms with Crippen molar-refractivity contribution in [1.29, 1.82) is 0 Å². The molecule has 1 aromatic rings. The quantitative estimate of drug-likeness (QED) is 0.784. The van der Waals surface area contributed by atoms with Crippen LogP contribution < -0.4 is 4.74 Å². The van der Waals surface area contributed by atoms with Gasteiger partial charge in [-0.2, -0.15) is 0 Å². The molecule has 3 nitrogen and oxygen atoms in total. The van der Waals surface area contributed by atoms with Crippen LogP contribution in [0.3, 0.4) is 0 Å². The third kappa shape index (κ3) is 5.62. The van der Waals surface area contributed by atoms with Gasteiger partial charge in [-0.15, -0.1) is 0 Å². The average molecular weight is 264 g/mol. The number of para-hydroxylation sites is 1. The Morgan fingerprint density at radius 1 is 1.26 bits per heavy atom. The molecule has 1 heterocycles. The number of ether oxygens (including phenoxy) is 2. The first kappa shape index (κ1) is 14.4. The van der Waals surface area contributed by atoms with Gasteiger partial charge in [0.1, 0.15) is 5.75 Å². The molecule has 1 saturated heterocycles. The molecule has 0 bridgehead atoms. The van der Waals surface area contributed by atoms with E-state index in [1.807, 2.05) is 30.3 Å². The van der Waals surface area contributed by atoms with E-state index < -0.39 is 0 Å². The summed E-state index contributed by atoms with van der Waals surface area (Å²) in [7, 11) is 0. The Labute approximate surface area is 115 Å². The van der Waals surface area contributed by atoms with E-state index in [1.165, 1.54) is 12.8 Å². The number of aliphatic hydroxyl groups excluding tert-OH is 1. The van der Waals surface area contributed by atoms with Gasteiger partial charge in [0, 0.05) is 13.0 Å². The molecule has 0 spiro atoms. The Balaban J connectivity index is 1.51. The molecule has 1 fully saturated rings. The molecule has 1 N–H and O–H groups in total. The lowest BCUT2D eigenvalue weighted by Gasteiger charge is -2.13. The Morgan fingerprint density at radius 2 is 2.11 bits per heavy atom. The summed E-state index contributed by atoms with van der Waals surface area (Å²) in [5, 5.41) is 9.88. The molecule has 0 aliphatic carbocycles. The first-order valence-corrected chi connectivity index (χ1v) is 7.32. The Bertz CT molecular complexity index is 333. The van der Waals surface area contributed by atoms with Crippen LogP contribution in [0.4, 0.5) is 0 Å². The summed E-state index contributed by atoms with van der Waals surface area (Å²) in [5.74, 6) is 0.869. The van der Waals surface area contributed by atoms with Gasteiger partial charge in [-0.1, -0.05) is 18.2 Å². The zero-order valence-electron chi connectivity index (χ0n) is 11.5. The van der Waals surface area contributed by atoms with Crippen molar-refractivity contribution in [2.45, 2.75) is 50.7 Å². The lowest BCUT2D eigenvalue weighted by Crippen LogP contribution is -2.13. The van der Waals surface area contributed by atoms with Crippen LogP contribution in [0, 0.1) is 0 Å². The first-order chi connectivity index (χ1) is 9.34. The van der Waals surface area contributed by atoms with Gasteiger partial charge in [0.15, 0.2) is 0 Å². The van der Waals surface area contributed by atoms with Gasteiger partial charge < -0.3 is 14.6 Å². The fourth-order valence-electron chi connectivity index (χ4n) is 2.43. The molecule has 1 aliphatic rings. The average Bonchev–Trinajstić information content (AvgIpc) is 2.93. The van der Waals surface area contributed by atoms with Crippen molar-refractivity contribution >= 4 is 0 Å². The van der Waals surface area contributed by atoms with Crippen molar-refractivity contribution in [2.75, 3.05) is 13.2 Å². The van der Waals surface area contributed by atoms with E-state index in [9.17, 15) is 5.11 Å². The minimum absolute atomic E-state index is 0.259. The van der Waals surface area contributed by atoms with E-state index in [1.54, 1.807) is 0 Å². The largest absolute Gasteiger partial charge is 0.493 e. The molecule has 1 aromatic carbocycles. The molecule has 3 heteroatoms. The molecule has 19 heavy (non-hydrogen) atoms. The van der Waals surface area contributed by atoms with Crippen LogP contribution in [-0.2, 0) is 4.74 Å². The molecule has 2 unspecified atom stereocenters. The van der Waals surface area contributed by atoms with E-state index >= 15 is 0 Å². The van der Waals surface area contributed by atoms with Gasteiger partial charge >= 0.3 is 0 Å². The minimum atomic E-state index is -0.259. The van der Waals surface area contributed by atoms with E-state index in [2.05, 4.69) is 0 Å². The molecular weight excluding hydrogens is 240 g/mol. The topological polar surface area (TPSA) is 38.7 Å². The molecule has 2 atom stereocenters. The van der Waals surface area contributed by atoms with Gasteiger partial charge in [0.25, 0.3) is 0 Å². The number of rotatable bonds is 8. The summed E-state index contributed by atoms with van der Waals surface area (Å²) in [5.41, 5.74) is 0. The molecule has 106 valence electrons. The van der Waals surface area contributed by atoms with Crippen LogP contribution in [0.25, 0.3) is 0 Å². The van der Waals surface area contributed by atoms with Crippen molar-refractivity contribution in [2.24, 2.45) is 0 Å². The smallest absolute Gasteiger partial charge is 0.119 e. The predicted octanol–water partition coefficient (Wildman–Crippen LogP) is 3.17. The third-order valence-electron chi connectivity index (χ3n) is 3.55. The normalized spacial score (nSPS) is 20.4. The summed E-state index contributed by atoms with van der Waals surface area (Å²) in [4.78, 5) is 0. The number of benzene rings is 1. The second-order valence-corrected chi connectivity index (χ2v) is 5.17. The second-order valence-electron chi connectivity index (χ2n) is 5.17. The van der Waals surface area contributed by atoms with Gasteiger partial charge in [0.2, 0.25) is 0 Å². The van der Waals surface area contributed by atoms with Crippen molar-refractivity contribution in [1.82, 2.24) is 0 Å². The second kappa shape index (κ2) is 8.18. The summed E-state index contributed by atoms with van der Waals surface area (Å²) in [6.07, 6.45) is 6.22. The fourth-order valence-corrected chi connectivity index (χ4v) is 2.43. The highest BCUT2D eigenvalue weighted by molar-refractivity contribution is 5.20. The molecule has 1 aliphatic heterocycles. The Hall–Kier alpha value is -1.06. The molecule has 0 aromatic heterocycles. The highest BCUT2D eigenvalue weighted by Crippen LogP contribution is 2.18. The van der Waals surface area contributed by atoms with Gasteiger partial charge in [0.05, 0.1) is 18.8 Å². The van der Waals surface area contributed by atoms with E-state index in [4.69, 9.17) is 9.47 Å². The zero-order valence-corrected chi connectivity index (χ0v) is 11.5. The van der Waals surface area contributed by atoms with Crippen LogP contribution in [0.2, 0.25) is 0 Å². The molecule has 0 saturated carbocycles. The van der Waals surface area contributed by atoms with Crippen molar-refractivity contribution < 1.29 is 14.6 Å². The van der Waals surface area contributed by atoms with E-state index in [0.717, 1.165) is 31.6 Å². The van der Waals surface area contributed by atoms with E-state index in [-0.39, 0.29) is 6.10 Å². The summed E-state index contributed by atoms with van der Waals surface area (Å²) in [6, 6.07) is 9.74. The zero-order chi connectivity index (χ0) is 13.3. The number of hydrogen-bond acceptors (Lipinski definition) is 3. The minimum Gasteiger partial charge on any atom is -0.493 e. The standard InChI is InChI=1S/C16H24O3/c17-14(6-4-9-16-10-5-12-18-16)11-13-19-15-7-2-1-3-8-15/h1-3,7-8,14,16-17H,4-6,9-13H2. The molecule has 0 radical (unpaired) electrons. The van der Waals surface area contributed by atoms with Crippen LogP contribution in [-0.4, -0.2) is 30.5 Å². The maximum absolute atomic E-state index is 9.88. The number of aliphatic hydroxyl groups is 1. The third-order valence-corrected chi connectivity index (χ3v) is 3.55. The van der Waals surface area contributed by atoms with Gasteiger partial charge in [-0.25, -0.2) is 0 Å². The summed E-state index contributed by atoms with van der Waals surface area (Å²) in [6.45, 7) is 1.49. The van der Waals surface area contributed by atoms with Gasteiger partial charge in [-0.05, 0) is 44.2 Å². The first-order valence-electron chi connectivity index (χ1n) is 7.32. The highest BCUT2D eigenvalue weighted by atomic mass is 16.5. The van der Waals surface area contributed by atoms with Crippen molar-refractivity contribution in [3.05, 3.63) is 30.3 Å². The molecule has 0 amide bonds. The van der Waals surface area contributed by atoms with Crippen LogP contribution in [0.1, 0.15) is 38.5 Å². The maximum Gasteiger partial charge on any atom is 0.119 e. The van der Waals surface area contributed by atoms with Gasteiger partial charge in [-0.3, -0.25) is 0 Å². The van der Waals surface area contributed by atoms with Crippen LogP contribution in [0.5, 0.6) is 5.75 Å². The Kier molecular flexibility index (Phi) is 6.18. The monoisotopic (exact) mass is 264 g/mol. The summed E-state index contributed by atoms with van der Waals surface area (Å²) < 4.78 is 11.1. The van der Waals surface area contributed by atoms with Crippen molar-refractivity contribution in [3.63, 3.8) is 0 Å². The SMILES string of the molecule is OC(CCCC1CCCO1)CCOc1ccccc1. The lowest BCUT2D eigenvalue weighted by atomic mass is 10.1. The predicted molar refractivity (Wildman–Crippen MR) is 75.4 cm³/mol. The molecule has 2 rings (SSSR count). The fraction of sp³-hybridized carbons (Fsp3) is 0.625. The highest BCUT2D eigenvalue weighted by Gasteiger charge is 2.15. The molecular formula is C16H24O3.